The van der Waals surface area contributed by atoms with Crippen molar-refractivity contribution in [3.8, 4) is 11.5 Å². The lowest BCUT2D eigenvalue weighted by atomic mass is 9.82. The second-order valence-electron chi connectivity index (χ2n) is 13.4. The van der Waals surface area contributed by atoms with E-state index in [1.165, 1.54) is 24.0 Å². The number of amides is 4. The van der Waals surface area contributed by atoms with Crippen molar-refractivity contribution in [2.75, 3.05) is 27.6 Å². The van der Waals surface area contributed by atoms with Crippen molar-refractivity contribution in [1.82, 2.24) is 20.4 Å². The molecule has 4 aliphatic rings. The third-order valence-electron chi connectivity index (χ3n) is 9.22. The summed E-state index contributed by atoms with van der Waals surface area (Å²) in [6.07, 6.45) is 2.38. The van der Waals surface area contributed by atoms with Gasteiger partial charge in [-0.2, -0.15) is 0 Å². The fraction of sp³-hybridized carbons (Fsp3) is 0.656. The number of carbonyl (C=O) groups is 5. The number of hydrogen-bond acceptors (Lipinski definition) is 10. The number of nitrogens with zero attached hydrogens (tertiary/aromatic N) is 2. The Morgan fingerprint density at radius 2 is 1.54 bits per heavy atom. The van der Waals surface area contributed by atoms with E-state index < -0.39 is 59.6 Å². The highest BCUT2D eigenvalue weighted by atomic mass is 16.7. The molecule has 0 radical (unpaired) electrons. The van der Waals surface area contributed by atoms with Crippen molar-refractivity contribution < 1.29 is 47.7 Å². The molecule has 4 atom stereocenters. The van der Waals surface area contributed by atoms with Crippen molar-refractivity contribution in [2.45, 2.75) is 96.6 Å². The maximum absolute atomic E-state index is 14.2. The van der Waals surface area contributed by atoms with Crippen LogP contribution in [0.4, 0.5) is 9.59 Å². The Balaban J connectivity index is 1.28. The van der Waals surface area contributed by atoms with Gasteiger partial charge in [-0.05, 0) is 47.4 Å². The molecule has 2 fully saturated rings. The van der Waals surface area contributed by atoms with Crippen LogP contribution in [-0.4, -0.2) is 91.6 Å². The summed E-state index contributed by atoms with van der Waals surface area (Å²) in [5, 5.41) is 5.54. The van der Waals surface area contributed by atoms with Crippen LogP contribution in [0.5, 0.6) is 11.5 Å². The first-order valence-corrected chi connectivity index (χ1v) is 15.8. The van der Waals surface area contributed by atoms with Gasteiger partial charge in [-0.15, -0.1) is 0 Å². The Bertz CT molecular complexity index is 1320. The number of fused-ring (bicyclic) bond motifs is 2. The number of carbonyl (C=O) groups excluding carboxylic acids is 5. The van der Waals surface area contributed by atoms with Crippen molar-refractivity contribution in [3.05, 3.63) is 23.3 Å². The van der Waals surface area contributed by atoms with E-state index in [9.17, 15) is 24.0 Å². The molecule has 1 aromatic rings. The van der Waals surface area contributed by atoms with E-state index in [2.05, 4.69) is 10.6 Å². The van der Waals surface area contributed by atoms with E-state index in [0.29, 0.717) is 24.6 Å². The normalized spacial score (nSPS) is 22.0. The lowest BCUT2D eigenvalue weighted by Gasteiger charge is -2.37. The Morgan fingerprint density at radius 1 is 0.913 bits per heavy atom. The van der Waals surface area contributed by atoms with Crippen molar-refractivity contribution in [1.29, 1.82) is 0 Å². The van der Waals surface area contributed by atoms with E-state index in [1.807, 2.05) is 12.1 Å². The largest absolute Gasteiger partial charge is 0.467 e. The zero-order chi connectivity index (χ0) is 33.2. The second kappa shape index (κ2) is 13.6. The van der Waals surface area contributed by atoms with Crippen LogP contribution in [-0.2, 0) is 41.7 Å². The van der Waals surface area contributed by atoms with Gasteiger partial charge in [-0.25, -0.2) is 14.4 Å². The van der Waals surface area contributed by atoms with Gasteiger partial charge < -0.3 is 39.2 Å². The molecule has 1 aromatic carbocycles. The predicted molar refractivity (Wildman–Crippen MR) is 162 cm³/mol. The molecule has 1 aliphatic carbocycles. The molecule has 3 heterocycles. The second-order valence-corrected chi connectivity index (χ2v) is 13.4. The molecular formula is C32H44N4O10. The van der Waals surface area contributed by atoms with E-state index in [0.717, 1.165) is 43.2 Å². The van der Waals surface area contributed by atoms with E-state index in [4.69, 9.17) is 23.7 Å². The molecule has 252 valence electrons. The average Bonchev–Trinajstić information content (AvgIpc) is 3.78. The fourth-order valence-electron chi connectivity index (χ4n) is 6.72. The highest BCUT2D eigenvalue weighted by Crippen LogP contribution is 2.38. The Labute approximate surface area is 268 Å². The van der Waals surface area contributed by atoms with Crippen LogP contribution in [0.2, 0.25) is 0 Å². The van der Waals surface area contributed by atoms with Crippen LogP contribution >= 0.6 is 0 Å². The molecule has 0 unspecified atom stereocenters. The molecular weight excluding hydrogens is 600 g/mol. The smallest absolute Gasteiger partial charge is 0.410 e. The summed E-state index contributed by atoms with van der Waals surface area (Å²) in [7, 11) is 2.46. The number of hydrogen-bond donors (Lipinski definition) is 2. The summed E-state index contributed by atoms with van der Waals surface area (Å²) >= 11 is 0. The van der Waals surface area contributed by atoms with Gasteiger partial charge in [0.25, 0.3) is 0 Å². The van der Waals surface area contributed by atoms with Gasteiger partial charge in [0, 0.05) is 19.5 Å². The van der Waals surface area contributed by atoms with Gasteiger partial charge >= 0.3 is 18.2 Å². The van der Waals surface area contributed by atoms with Crippen LogP contribution in [0.1, 0.15) is 70.4 Å². The zero-order valence-electron chi connectivity index (χ0n) is 27.1. The molecule has 0 aromatic heterocycles. The fourth-order valence-corrected chi connectivity index (χ4v) is 6.72. The highest BCUT2D eigenvalue weighted by molar-refractivity contribution is 5.94. The lowest BCUT2D eigenvalue weighted by molar-refractivity contribution is -0.153. The molecule has 0 spiro atoms. The van der Waals surface area contributed by atoms with Gasteiger partial charge in [0.05, 0.1) is 20.8 Å². The Kier molecular flexibility index (Phi) is 9.82. The molecule has 0 bridgehead atoms. The van der Waals surface area contributed by atoms with Gasteiger partial charge in [-0.1, -0.05) is 40.0 Å². The maximum Gasteiger partial charge on any atom is 0.410 e. The topological polar surface area (TPSA) is 162 Å². The minimum absolute atomic E-state index is 0.0420. The minimum atomic E-state index is -1.06. The number of methoxy groups -OCH3 is 2. The van der Waals surface area contributed by atoms with Crippen LogP contribution in [0.25, 0.3) is 0 Å². The summed E-state index contributed by atoms with van der Waals surface area (Å²) in [4.78, 5) is 69.1. The molecule has 2 N–H and O–H groups in total. The molecule has 1 saturated carbocycles. The van der Waals surface area contributed by atoms with Crippen LogP contribution in [0, 0.1) is 11.3 Å². The molecule has 3 aliphatic heterocycles. The Morgan fingerprint density at radius 3 is 2.11 bits per heavy atom. The van der Waals surface area contributed by atoms with Gasteiger partial charge in [-0.3, -0.25) is 14.5 Å². The quantitative estimate of drug-likeness (QED) is 0.334. The van der Waals surface area contributed by atoms with Gasteiger partial charge in [0.2, 0.25) is 18.6 Å². The summed E-state index contributed by atoms with van der Waals surface area (Å²) in [5.74, 6) is -0.518. The predicted octanol–water partition coefficient (Wildman–Crippen LogP) is 2.85. The number of esters is 1. The van der Waals surface area contributed by atoms with E-state index in [1.54, 1.807) is 20.8 Å². The summed E-state index contributed by atoms with van der Waals surface area (Å²) in [5.41, 5.74) is 1.07. The van der Waals surface area contributed by atoms with E-state index in [-0.39, 0.29) is 25.7 Å². The molecule has 14 heteroatoms. The molecule has 14 nitrogen and oxygen atoms in total. The van der Waals surface area contributed by atoms with E-state index >= 15 is 0 Å². The number of nitrogens with one attached hydrogen (secondary N) is 2. The summed E-state index contributed by atoms with van der Waals surface area (Å²) in [6.45, 7) is 6.15. The average molecular weight is 645 g/mol. The first-order chi connectivity index (χ1) is 21.9. The number of benzene rings is 1. The third-order valence-corrected chi connectivity index (χ3v) is 9.22. The van der Waals surface area contributed by atoms with Crippen LogP contribution < -0.4 is 20.1 Å². The molecule has 4 amide bonds. The number of ether oxygens (including phenoxy) is 5. The SMILES string of the molecule is COC(=O)N[C@H](C(=O)N[C@H](C(=O)N1C[C@H](OC(=O)N2Cc3cc4c(cc3C2)OCO4)C[C@H]1C(=O)OC)C(C)(C)C)C1CCCCC1. The lowest BCUT2D eigenvalue weighted by Crippen LogP contribution is -2.61. The van der Waals surface area contributed by atoms with Crippen LogP contribution in [0.3, 0.4) is 0 Å². The van der Waals surface area contributed by atoms with Crippen LogP contribution in [0.15, 0.2) is 12.1 Å². The van der Waals surface area contributed by atoms with Crippen molar-refractivity contribution in [2.24, 2.45) is 11.3 Å². The molecule has 1 saturated heterocycles. The molecule has 46 heavy (non-hydrogen) atoms. The standard InChI is InChI=1S/C32H44N4O10/c1-32(2,3)26(34-27(37)25(33-30(40)43-5)18-9-7-6-8-10-18)28(38)36-16-21(13-22(36)29(39)42-4)46-31(41)35-14-19-11-23-24(45-17-44-23)12-20(19)15-35/h11-12,18,21-22,25-26H,6-10,13-17H2,1-5H3,(H,33,40)(H,34,37)/t21-,22+,25+,26-/m1/s1. The van der Waals surface area contributed by atoms with Gasteiger partial charge in [0.1, 0.15) is 24.2 Å². The summed E-state index contributed by atoms with van der Waals surface area (Å²) in [6, 6.07) is 0.737. The number of likely N-dealkylation sites (tertiary alicyclic amines) is 1. The van der Waals surface area contributed by atoms with Gasteiger partial charge in [0.15, 0.2) is 11.5 Å². The zero-order valence-corrected chi connectivity index (χ0v) is 27.1. The summed E-state index contributed by atoms with van der Waals surface area (Å²) < 4.78 is 26.5. The Hall–Kier alpha value is -4.23. The minimum Gasteiger partial charge on any atom is -0.467 e. The third kappa shape index (κ3) is 7.10. The van der Waals surface area contributed by atoms with Crippen molar-refractivity contribution >= 4 is 30.0 Å². The number of alkyl carbamates (subject to hydrolysis) is 1. The highest BCUT2D eigenvalue weighted by Gasteiger charge is 2.47. The number of rotatable bonds is 7. The monoisotopic (exact) mass is 644 g/mol. The first-order valence-electron chi connectivity index (χ1n) is 15.8. The first kappa shape index (κ1) is 33.1. The maximum atomic E-state index is 14.2. The van der Waals surface area contributed by atoms with Crippen molar-refractivity contribution in [3.63, 3.8) is 0 Å². The molecule has 5 rings (SSSR count).